The number of rotatable bonds is 11. The Hall–Kier alpha value is -3.06. The van der Waals surface area contributed by atoms with Gasteiger partial charge in [-0.3, -0.25) is 4.79 Å². The van der Waals surface area contributed by atoms with Crippen LogP contribution in [0.1, 0.15) is 24.2 Å². The van der Waals surface area contributed by atoms with Crippen molar-refractivity contribution in [3.8, 4) is 11.5 Å². The zero-order chi connectivity index (χ0) is 21.1. The van der Waals surface area contributed by atoms with Gasteiger partial charge in [0.15, 0.2) is 6.61 Å². The smallest absolute Gasteiger partial charge is 0.338 e. The molecular weight excluding hydrogens is 372 g/mol. The van der Waals surface area contributed by atoms with Crippen molar-refractivity contribution in [2.45, 2.75) is 13.8 Å². The van der Waals surface area contributed by atoms with E-state index in [2.05, 4.69) is 24.1 Å². The third-order valence-electron chi connectivity index (χ3n) is 4.35. The number of methoxy groups -OCH3 is 1. The summed E-state index contributed by atoms with van der Waals surface area (Å²) < 4.78 is 15.9. The van der Waals surface area contributed by atoms with E-state index in [1.54, 1.807) is 55.6 Å². The number of anilines is 1. The highest BCUT2D eigenvalue weighted by atomic mass is 16.5. The Bertz CT molecular complexity index is 788. The highest BCUT2D eigenvalue weighted by Crippen LogP contribution is 2.19. The molecule has 0 saturated heterocycles. The molecule has 7 nitrogen and oxygen atoms in total. The first-order chi connectivity index (χ1) is 14.0. The van der Waals surface area contributed by atoms with Crippen molar-refractivity contribution in [3.63, 3.8) is 0 Å². The molecule has 0 unspecified atom stereocenters. The second-order valence-electron chi connectivity index (χ2n) is 6.26. The molecule has 1 N–H and O–H groups in total. The molecule has 0 aliphatic rings. The summed E-state index contributed by atoms with van der Waals surface area (Å²) in [5.74, 6) is 0.517. The van der Waals surface area contributed by atoms with Crippen LogP contribution in [0.5, 0.6) is 11.5 Å². The number of carbonyl (C=O) groups is 2. The molecule has 0 radical (unpaired) electrons. The predicted molar refractivity (Wildman–Crippen MR) is 112 cm³/mol. The normalized spacial score (nSPS) is 10.5. The van der Waals surface area contributed by atoms with Crippen LogP contribution in [0.4, 0.5) is 5.69 Å². The fraction of sp³-hybridized carbons (Fsp3) is 0.364. The molecule has 0 aliphatic carbocycles. The summed E-state index contributed by atoms with van der Waals surface area (Å²) in [5, 5.41) is 2.73. The third-order valence-corrected chi connectivity index (χ3v) is 4.35. The first kappa shape index (κ1) is 22.2. The minimum atomic E-state index is -0.378. The monoisotopic (exact) mass is 400 g/mol. The second kappa shape index (κ2) is 11.7. The van der Waals surface area contributed by atoms with Crippen LogP contribution < -0.4 is 14.8 Å². The molecule has 2 aromatic carbocycles. The van der Waals surface area contributed by atoms with E-state index in [1.165, 1.54) is 0 Å². The van der Waals surface area contributed by atoms with Crippen LogP contribution in [0.2, 0.25) is 0 Å². The van der Waals surface area contributed by atoms with E-state index in [0.717, 1.165) is 13.1 Å². The lowest BCUT2D eigenvalue weighted by Gasteiger charge is -2.17. The Kier molecular flexibility index (Phi) is 8.98. The number of nitrogens with one attached hydrogen (secondary N) is 1. The van der Waals surface area contributed by atoms with E-state index in [9.17, 15) is 9.59 Å². The van der Waals surface area contributed by atoms with Gasteiger partial charge in [-0.15, -0.1) is 0 Å². The lowest BCUT2D eigenvalue weighted by atomic mass is 10.2. The van der Waals surface area contributed by atoms with E-state index in [1.807, 2.05) is 0 Å². The van der Waals surface area contributed by atoms with Gasteiger partial charge in [0, 0.05) is 18.3 Å². The Morgan fingerprint density at radius 1 is 1.00 bits per heavy atom. The predicted octanol–water partition coefficient (Wildman–Crippen LogP) is 3.21. The maximum atomic E-state index is 12.1. The molecule has 0 aliphatic heterocycles. The van der Waals surface area contributed by atoms with E-state index in [4.69, 9.17) is 14.2 Å². The number of hydrogen-bond donors (Lipinski definition) is 1. The number of hydrogen-bond acceptors (Lipinski definition) is 6. The van der Waals surface area contributed by atoms with Crippen LogP contribution in [0.15, 0.2) is 48.5 Å². The molecule has 29 heavy (non-hydrogen) atoms. The number of esters is 1. The van der Waals surface area contributed by atoms with Crippen molar-refractivity contribution in [1.29, 1.82) is 0 Å². The van der Waals surface area contributed by atoms with Gasteiger partial charge in [-0.1, -0.05) is 19.9 Å². The Labute approximate surface area is 171 Å². The number of carbonyl (C=O) groups excluding carboxylic acids is 2. The van der Waals surface area contributed by atoms with Gasteiger partial charge in [0.1, 0.15) is 18.1 Å². The quantitative estimate of drug-likeness (QED) is 0.584. The Morgan fingerprint density at radius 3 is 2.34 bits per heavy atom. The molecule has 0 bridgehead atoms. The lowest BCUT2D eigenvalue weighted by Crippen LogP contribution is -2.27. The van der Waals surface area contributed by atoms with Gasteiger partial charge >= 0.3 is 5.97 Å². The van der Waals surface area contributed by atoms with Crippen LogP contribution in [-0.2, 0) is 9.53 Å². The molecular formula is C22H28N2O5. The zero-order valence-electron chi connectivity index (χ0n) is 17.1. The van der Waals surface area contributed by atoms with Crippen LogP contribution in [0.3, 0.4) is 0 Å². The molecule has 0 fully saturated rings. The number of nitrogens with zero attached hydrogens (tertiary/aromatic N) is 1. The van der Waals surface area contributed by atoms with Crippen molar-refractivity contribution in [1.82, 2.24) is 4.90 Å². The van der Waals surface area contributed by atoms with E-state index in [-0.39, 0.29) is 18.5 Å². The highest BCUT2D eigenvalue weighted by Gasteiger charge is 2.09. The number of likely N-dealkylation sites (N-methyl/N-ethyl adjacent to an activating group) is 1. The summed E-state index contributed by atoms with van der Waals surface area (Å²) >= 11 is 0. The minimum absolute atomic E-state index is 0.137. The summed E-state index contributed by atoms with van der Waals surface area (Å²) in [7, 11) is 1.57. The molecule has 1 amide bonds. The first-order valence-corrected chi connectivity index (χ1v) is 9.62. The van der Waals surface area contributed by atoms with Gasteiger partial charge in [-0.25, -0.2) is 4.79 Å². The second-order valence-corrected chi connectivity index (χ2v) is 6.26. The summed E-state index contributed by atoms with van der Waals surface area (Å²) in [6.07, 6.45) is 0. The standard InChI is InChI=1S/C22H28N2O5/c1-4-24(5-2)13-14-28-22(26)17-9-11-18(12-10-17)23-21(25)16-29-20-8-6-7-19(15-20)27-3/h6-12,15H,4-5,13-14,16H2,1-3H3,(H,23,25). The maximum Gasteiger partial charge on any atom is 0.338 e. The van der Waals surface area contributed by atoms with E-state index < -0.39 is 0 Å². The molecule has 2 aromatic rings. The number of amides is 1. The number of benzene rings is 2. The summed E-state index contributed by atoms with van der Waals surface area (Å²) in [6.45, 7) is 6.90. The molecule has 156 valence electrons. The van der Waals surface area contributed by atoms with Crippen LogP contribution in [-0.4, -0.2) is 56.7 Å². The van der Waals surface area contributed by atoms with Gasteiger partial charge in [0.25, 0.3) is 5.91 Å². The highest BCUT2D eigenvalue weighted by molar-refractivity contribution is 5.93. The lowest BCUT2D eigenvalue weighted by molar-refractivity contribution is -0.118. The van der Waals surface area contributed by atoms with Gasteiger partial charge in [-0.2, -0.15) is 0 Å². The molecule has 7 heteroatoms. The van der Waals surface area contributed by atoms with Crippen molar-refractivity contribution < 1.29 is 23.8 Å². The topological polar surface area (TPSA) is 77.1 Å². The molecule has 0 saturated carbocycles. The van der Waals surface area contributed by atoms with Crippen LogP contribution in [0, 0.1) is 0 Å². The molecule has 0 atom stereocenters. The Morgan fingerprint density at radius 2 is 1.69 bits per heavy atom. The molecule has 0 spiro atoms. The molecule has 2 rings (SSSR count). The van der Waals surface area contributed by atoms with E-state index in [0.29, 0.717) is 35.9 Å². The van der Waals surface area contributed by atoms with E-state index >= 15 is 0 Å². The van der Waals surface area contributed by atoms with Crippen LogP contribution >= 0.6 is 0 Å². The van der Waals surface area contributed by atoms with Gasteiger partial charge in [-0.05, 0) is 49.5 Å². The Balaban J connectivity index is 1.78. The largest absolute Gasteiger partial charge is 0.497 e. The van der Waals surface area contributed by atoms with Crippen molar-refractivity contribution in [3.05, 3.63) is 54.1 Å². The van der Waals surface area contributed by atoms with Crippen molar-refractivity contribution in [2.24, 2.45) is 0 Å². The first-order valence-electron chi connectivity index (χ1n) is 9.62. The van der Waals surface area contributed by atoms with Crippen LogP contribution in [0.25, 0.3) is 0 Å². The average Bonchev–Trinajstić information content (AvgIpc) is 2.76. The van der Waals surface area contributed by atoms with Crippen molar-refractivity contribution >= 4 is 17.6 Å². The van der Waals surface area contributed by atoms with Gasteiger partial charge < -0.3 is 24.4 Å². The summed E-state index contributed by atoms with van der Waals surface area (Å²) in [4.78, 5) is 26.3. The van der Waals surface area contributed by atoms with Gasteiger partial charge in [0.2, 0.25) is 0 Å². The van der Waals surface area contributed by atoms with Crippen molar-refractivity contribution in [2.75, 3.05) is 45.3 Å². The molecule has 0 aromatic heterocycles. The fourth-order valence-electron chi connectivity index (χ4n) is 2.62. The molecule has 0 heterocycles. The average molecular weight is 400 g/mol. The summed E-state index contributed by atoms with van der Waals surface area (Å²) in [6, 6.07) is 13.6. The maximum absolute atomic E-state index is 12.1. The fourth-order valence-corrected chi connectivity index (χ4v) is 2.62. The number of ether oxygens (including phenoxy) is 3. The summed E-state index contributed by atoms with van der Waals surface area (Å²) in [5.41, 5.74) is 1.01. The SMILES string of the molecule is CCN(CC)CCOC(=O)c1ccc(NC(=O)COc2cccc(OC)c2)cc1. The minimum Gasteiger partial charge on any atom is -0.497 e. The third kappa shape index (κ3) is 7.46. The van der Waals surface area contributed by atoms with Gasteiger partial charge in [0.05, 0.1) is 12.7 Å². The zero-order valence-corrected chi connectivity index (χ0v) is 17.1.